The molecule has 136 valence electrons. The monoisotopic (exact) mass is 333 g/mol. The quantitative estimate of drug-likeness (QED) is 0.575. The molecule has 1 N–H and O–H groups in total. The van der Waals surface area contributed by atoms with E-state index in [1.54, 1.807) is 0 Å². The molecule has 0 unspecified atom stereocenters. The van der Waals surface area contributed by atoms with Crippen molar-refractivity contribution in [1.29, 1.82) is 0 Å². The number of carbonyl (C=O) groups excluding carboxylic acids is 1. The van der Waals surface area contributed by atoms with E-state index in [0.29, 0.717) is 12.3 Å². The number of aliphatic hydroxyl groups is 1. The number of unbranched alkanes of at least 4 members (excludes halogenated alkanes) is 3. The van der Waals surface area contributed by atoms with Crippen molar-refractivity contribution in [2.24, 2.45) is 5.92 Å². The van der Waals surface area contributed by atoms with Crippen molar-refractivity contribution in [2.45, 2.75) is 71.3 Å². The maximum Gasteiger partial charge on any atom is 0.222 e. The van der Waals surface area contributed by atoms with Crippen LogP contribution in [0.1, 0.15) is 64.4 Å². The van der Waals surface area contributed by atoms with Crippen molar-refractivity contribution < 1.29 is 9.90 Å². The minimum absolute atomic E-state index is 0.192. The van der Waals surface area contributed by atoms with Crippen molar-refractivity contribution >= 4 is 5.91 Å². The molecule has 0 fully saturated rings. The molecule has 0 spiro atoms. The van der Waals surface area contributed by atoms with Gasteiger partial charge in [-0.3, -0.25) is 4.79 Å². The van der Waals surface area contributed by atoms with Crippen LogP contribution in [0.4, 0.5) is 0 Å². The molecule has 0 bridgehead atoms. The average Bonchev–Trinajstić information content (AvgIpc) is 2.61. The standard InChI is InChI=1S/C21H35NO2/c1-4-5-6-10-15-21(24)22(3)20(18(2)12-11-16-23)17-19-13-8-7-9-14-19/h7-9,13-14,18,20,23H,4-6,10-12,15-17H2,1-3H3/t18-,20-/m0/s1. The molecule has 1 aromatic rings. The fraction of sp³-hybridized carbons (Fsp3) is 0.667. The normalized spacial score (nSPS) is 13.5. The van der Waals surface area contributed by atoms with Crippen molar-refractivity contribution in [3.8, 4) is 0 Å². The van der Waals surface area contributed by atoms with Crippen molar-refractivity contribution in [3.05, 3.63) is 35.9 Å². The van der Waals surface area contributed by atoms with E-state index < -0.39 is 0 Å². The third kappa shape index (κ3) is 7.48. The summed E-state index contributed by atoms with van der Waals surface area (Å²) in [5.41, 5.74) is 1.27. The highest BCUT2D eigenvalue weighted by Gasteiger charge is 2.25. The Bertz CT molecular complexity index is 446. The molecule has 0 saturated carbocycles. The molecule has 0 aliphatic rings. The van der Waals surface area contributed by atoms with E-state index in [1.165, 1.54) is 18.4 Å². The third-order valence-corrected chi connectivity index (χ3v) is 4.90. The maximum absolute atomic E-state index is 12.6. The average molecular weight is 334 g/mol. The van der Waals surface area contributed by atoms with Gasteiger partial charge in [-0.25, -0.2) is 0 Å². The molecule has 3 heteroatoms. The van der Waals surface area contributed by atoms with Crippen LogP contribution in [0.25, 0.3) is 0 Å². The number of hydrogen-bond donors (Lipinski definition) is 1. The molecular weight excluding hydrogens is 298 g/mol. The van der Waals surface area contributed by atoms with Gasteiger partial charge >= 0.3 is 0 Å². The molecule has 1 aromatic carbocycles. The smallest absolute Gasteiger partial charge is 0.222 e. The van der Waals surface area contributed by atoms with Crippen LogP contribution in [0.15, 0.2) is 30.3 Å². The summed E-state index contributed by atoms with van der Waals surface area (Å²) in [6, 6.07) is 10.6. The zero-order valence-corrected chi connectivity index (χ0v) is 15.7. The van der Waals surface area contributed by atoms with Gasteiger partial charge in [0.15, 0.2) is 0 Å². The first-order valence-corrected chi connectivity index (χ1v) is 9.50. The number of rotatable bonds is 12. The summed E-state index contributed by atoms with van der Waals surface area (Å²) in [5.74, 6) is 0.629. The van der Waals surface area contributed by atoms with Gasteiger partial charge in [0.2, 0.25) is 5.91 Å². The lowest BCUT2D eigenvalue weighted by Gasteiger charge is -2.33. The lowest BCUT2D eigenvalue weighted by molar-refractivity contribution is -0.133. The number of likely N-dealkylation sites (N-methyl/N-ethyl adjacent to an activating group) is 1. The molecule has 0 aliphatic carbocycles. The zero-order valence-electron chi connectivity index (χ0n) is 15.7. The summed E-state index contributed by atoms with van der Waals surface area (Å²) in [7, 11) is 1.95. The Morgan fingerprint density at radius 3 is 2.46 bits per heavy atom. The van der Waals surface area contributed by atoms with Crippen LogP contribution in [0.3, 0.4) is 0 Å². The van der Waals surface area contributed by atoms with Crippen molar-refractivity contribution in [2.75, 3.05) is 13.7 Å². The maximum atomic E-state index is 12.6. The van der Waals surface area contributed by atoms with E-state index >= 15 is 0 Å². The predicted molar refractivity (Wildman–Crippen MR) is 101 cm³/mol. The first-order valence-electron chi connectivity index (χ1n) is 9.50. The van der Waals surface area contributed by atoms with E-state index in [0.717, 1.165) is 32.1 Å². The fourth-order valence-corrected chi connectivity index (χ4v) is 3.25. The van der Waals surface area contributed by atoms with Crippen LogP contribution < -0.4 is 0 Å². The first kappa shape index (κ1) is 20.7. The lowest BCUT2D eigenvalue weighted by atomic mass is 9.90. The fourth-order valence-electron chi connectivity index (χ4n) is 3.25. The van der Waals surface area contributed by atoms with Crippen molar-refractivity contribution in [1.82, 2.24) is 4.90 Å². The molecule has 24 heavy (non-hydrogen) atoms. The highest BCUT2D eigenvalue weighted by molar-refractivity contribution is 5.76. The minimum atomic E-state index is 0.192. The summed E-state index contributed by atoms with van der Waals surface area (Å²) in [6.45, 7) is 4.61. The van der Waals surface area contributed by atoms with Gasteiger partial charge in [-0.2, -0.15) is 0 Å². The van der Waals surface area contributed by atoms with Gasteiger partial charge in [-0.05, 0) is 37.2 Å². The number of hydrogen-bond acceptors (Lipinski definition) is 2. The molecule has 0 saturated heterocycles. The van der Waals surface area contributed by atoms with E-state index in [-0.39, 0.29) is 18.6 Å². The van der Waals surface area contributed by atoms with Crippen LogP contribution >= 0.6 is 0 Å². The topological polar surface area (TPSA) is 40.5 Å². The number of benzene rings is 1. The van der Waals surface area contributed by atoms with Crippen LogP contribution in [0.5, 0.6) is 0 Å². The van der Waals surface area contributed by atoms with E-state index in [2.05, 4.69) is 38.1 Å². The summed E-state index contributed by atoms with van der Waals surface area (Å²) < 4.78 is 0. The van der Waals surface area contributed by atoms with Crippen LogP contribution in [-0.4, -0.2) is 35.6 Å². The largest absolute Gasteiger partial charge is 0.396 e. The molecule has 1 rings (SSSR count). The van der Waals surface area contributed by atoms with E-state index in [4.69, 9.17) is 5.11 Å². The van der Waals surface area contributed by atoms with Gasteiger partial charge in [0, 0.05) is 26.1 Å². The predicted octanol–water partition coefficient (Wildman–Crippen LogP) is 4.44. The highest BCUT2D eigenvalue weighted by Crippen LogP contribution is 2.21. The Balaban J connectivity index is 2.69. The summed E-state index contributed by atoms with van der Waals surface area (Å²) in [5, 5.41) is 9.12. The van der Waals surface area contributed by atoms with Crippen LogP contribution in [0.2, 0.25) is 0 Å². The van der Waals surface area contributed by atoms with E-state index in [9.17, 15) is 4.79 Å². The Labute approximate surface area is 148 Å². The summed E-state index contributed by atoms with van der Waals surface area (Å²) in [6.07, 6.45) is 7.79. The molecule has 1 amide bonds. The van der Waals surface area contributed by atoms with Gasteiger partial charge in [-0.15, -0.1) is 0 Å². The molecule has 0 heterocycles. The summed E-state index contributed by atoms with van der Waals surface area (Å²) >= 11 is 0. The molecule has 0 radical (unpaired) electrons. The number of amides is 1. The van der Waals surface area contributed by atoms with Gasteiger partial charge in [0.05, 0.1) is 0 Å². The molecule has 2 atom stereocenters. The Morgan fingerprint density at radius 1 is 1.12 bits per heavy atom. The molecule has 3 nitrogen and oxygen atoms in total. The van der Waals surface area contributed by atoms with E-state index in [1.807, 2.05) is 18.0 Å². The first-order chi connectivity index (χ1) is 11.6. The Kier molecular flexibility index (Phi) is 10.4. The Hall–Kier alpha value is -1.35. The number of aliphatic hydroxyl groups excluding tert-OH is 1. The second-order valence-corrected chi connectivity index (χ2v) is 6.92. The van der Waals surface area contributed by atoms with Gasteiger partial charge < -0.3 is 10.0 Å². The second kappa shape index (κ2) is 12.1. The minimum Gasteiger partial charge on any atom is -0.396 e. The van der Waals surface area contributed by atoms with Gasteiger partial charge in [-0.1, -0.05) is 63.4 Å². The van der Waals surface area contributed by atoms with Gasteiger partial charge in [0.1, 0.15) is 0 Å². The third-order valence-electron chi connectivity index (χ3n) is 4.90. The SMILES string of the molecule is CCCCCCC(=O)N(C)[C@@H](Cc1ccccc1)[C@@H](C)CCCO. The second-order valence-electron chi connectivity index (χ2n) is 6.92. The van der Waals surface area contributed by atoms with Crippen molar-refractivity contribution in [3.63, 3.8) is 0 Å². The Morgan fingerprint density at radius 2 is 1.83 bits per heavy atom. The number of nitrogens with zero attached hydrogens (tertiary/aromatic N) is 1. The van der Waals surface area contributed by atoms with Crippen LogP contribution in [-0.2, 0) is 11.2 Å². The zero-order chi connectivity index (χ0) is 17.8. The molecular formula is C21H35NO2. The molecule has 0 aliphatic heterocycles. The summed E-state index contributed by atoms with van der Waals surface area (Å²) in [4.78, 5) is 14.6. The highest BCUT2D eigenvalue weighted by atomic mass is 16.2. The van der Waals surface area contributed by atoms with Crippen LogP contribution in [0, 0.1) is 5.92 Å². The lowest BCUT2D eigenvalue weighted by Crippen LogP contribution is -2.42. The number of carbonyl (C=O) groups is 1. The van der Waals surface area contributed by atoms with Gasteiger partial charge in [0.25, 0.3) is 0 Å². The molecule has 0 aromatic heterocycles.